The standard InChI is InChI=1S/C20H24N4O2/c25-19-11-18-14(19)9-10-23(18)20(26)22-16-7-4-8-17-15(16)12-21-24(17)13-5-2-1-3-6-13/h1-3,5-6,12,14,16,18-19,25H,4,7-11H2,(H,22,26)/t14-,16?,18-,19-/m1/s1. The fourth-order valence-corrected chi connectivity index (χ4v) is 4.84. The monoisotopic (exact) mass is 352 g/mol. The van der Waals surface area contributed by atoms with Crippen LogP contribution in [-0.2, 0) is 6.42 Å². The van der Waals surface area contributed by atoms with Crippen molar-refractivity contribution in [3.8, 4) is 5.69 Å². The maximum Gasteiger partial charge on any atom is 0.318 e. The molecule has 1 unspecified atom stereocenters. The summed E-state index contributed by atoms with van der Waals surface area (Å²) in [5.41, 5.74) is 3.40. The van der Waals surface area contributed by atoms with Crippen LogP contribution in [0.1, 0.15) is 43.0 Å². The predicted molar refractivity (Wildman–Crippen MR) is 97.0 cm³/mol. The normalized spacial score (nSPS) is 29.7. The van der Waals surface area contributed by atoms with E-state index in [1.165, 1.54) is 5.69 Å². The van der Waals surface area contributed by atoms with Crippen molar-refractivity contribution in [1.29, 1.82) is 0 Å². The van der Waals surface area contributed by atoms with Crippen LogP contribution in [-0.4, -0.2) is 44.5 Å². The van der Waals surface area contributed by atoms with Crippen molar-refractivity contribution in [2.24, 2.45) is 5.92 Å². The summed E-state index contributed by atoms with van der Waals surface area (Å²) < 4.78 is 2.00. The van der Waals surface area contributed by atoms with E-state index < -0.39 is 0 Å². The highest BCUT2D eigenvalue weighted by Gasteiger charge is 2.49. The highest BCUT2D eigenvalue weighted by Crippen LogP contribution is 2.41. The quantitative estimate of drug-likeness (QED) is 0.872. The van der Waals surface area contributed by atoms with Gasteiger partial charge in [0.1, 0.15) is 0 Å². The first kappa shape index (κ1) is 15.9. The van der Waals surface area contributed by atoms with Crippen LogP contribution in [0.25, 0.3) is 5.69 Å². The molecule has 0 spiro atoms. The Hall–Kier alpha value is -2.34. The molecule has 5 rings (SSSR count). The summed E-state index contributed by atoms with van der Waals surface area (Å²) in [5, 5.41) is 17.6. The van der Waals surface area contributed by atoms with E-state index in [1.807, 2.05) is 34.0 Å². The lowest BCUT2D eigenvalue weighted by atomic mass is 9.77. The second-order valence-corrected chi connectivity index (χ2v) is 7.70. The molecule has 2 fully saturated rings. The lowest BCUT2D eigenvalue weighted by Crippen LogP contribution is -2.53. The molecule has 0 bridgehead atoms. The van der Waals surface area contributed by atoms with Gasteiger partial charge in [-0.15, -0.1) is 0 Å². The van der Waals surface area contributed by atoms with Crippen molar-refractivity contribution in [3.63, 3.8) is 0 Å². The van der Waals surface area contributed by atoms with Crippen molar-refractivity contribution in [2.75, 3.05) is 6.54 Å². The van der Waals surface area contributed by atoms with E-state index in [1.54, 1.807) is 0 Å². The zero-order chi connectivity index (χ0) is 17.7. The average Bonchev–Trinajstić information content (AvgIpc) is 3.24. The lowest BCUT2D eigenvalue weighted by Gasteiger charge is -2.40. The predicted octanol–water partition coefficient (Wildman–Crippen LogP) is 2.41. The number of nitrogens with zero attached hydrogens (tertiary/aromatic N) is 3. The number of aromatic nitrogens is 2. The zero-order valence-corrected chi connectivity index (χ0v) is 14.7. The Labute approximate surface area is 152 Å². The Morgan fingerprint density at radius 3 is 2.85 bits per heavy atom. The molecular weight excluding hydrogens is 328 g/mol. The summed E-state index contributed by atoms with van der Waals surface area (Å²) in [6.07, 6.45) is 6.30. The van der Waals surface area contributed by atoms with Gasteiger partial charge in [-0.05, 0) is 44.2 Å². The molecule has 1 aromatic heterocycles. The second-order valence-electron chi connectivity index (χ2n) is 7.70. The van der Waals surface area contributed by atoms with Crippen LogP contribution in [0.15, 0.2) is 36.5 Å². The third kappa shape index (κ3) is 2.43. The largest absolute Gasteiger partial charge is 0.393 e. The number of aliphatic hydroxyl groups excluding tert-OH is 1. The highest BCUT2D eigenvalue weighted by molar-refractivity contribution is 5.76. The minimum Gasteiger partial charge on any atom is -0.393 e. The third-order valence-corrected chi connectivity index (χ3v) is 6.32. The number of para-hydroxylation sites is 1. The van der Waals surface area contributed by atoms with Gasteiger partial charge in [0.2, 0.25) is 0 Å². The van der Waals surface area contributed by atoms with Crippen LogP contribution in [0.5, 0.6) is 0 Å². The number of amides is 2. The first-order valence-corrected chi connectivity index (χ1v) is 9.60. The van der Waals surface area contributed by atoms with Gasteiger partial charge in [0.15, 0.2) is 0 Å². The number of rotatable bonds is 2. The Morgan fingerprint density at radius 1 is 1.23 bits per heavy atom. The van der Waals surface area contributed by atoms with Gasteiger partial charge in [0, 0.05) is 29.8 Å². The Kier molecular flexibility index (Phi) is 3.74. The molecule has 136 valence electrons. The van der Waals surface area contributed by atoms with E-state index in [0.717, 1.165) is 49.9 Å². The SMILES string of the molecule is O=C(NC1CCCc2c1cnn2-c1ccccc1)N1CC[C@H]2[C@H](O)C[C@H]21. The zero-order valence-electron chi connectivity index (χ0n) is 14.7. The fourth-order valence-electron chi connectivity index (χ4n) is 4.84. The van der Waals surface area contributed by atoms with Gasteiger partial charge >= 0.3 is 6.03 Å². The van der Waals surface area contributed by atoms with Gasteiger partial charge in [-0.25, -0.2) is 9.48 Å². The fraction of sp³-hybridized carbons (Fsp3) is 0.500. The van der Waals surface area contributed by atoms with E-state index in [9.17, 15) is 9.90 Å². The van der Waals surface area contributed by atoms with Crippen LogP contribution in [0.2, 0.25) is 0 Å². The molecule has 3 aliphatic rings. The summed E-state index contributed by atoms with van der Waals surface area (Å²) in [6, 6.07) is 10.4. The molecule has 26 heavy (non-hydrogen) atoms. The first-order valence-electron chi connectivity index (χ1n) is 9.60. The molecule has 2 amide bonds. The van der Waals surface area contributed by atoms with Crippen LogP contribution in [0.4, 0.5) is 4.79 Å². The summed E-state index contributed by atoms with van der Waals surface area (Å²) in [5.74, 6) is 0.281. The van der Waals surface area contributed by atoms with Crippen LogP contribution >= 0.6 is 0 Å². The molecule has 1 saturated carbocycles. The van der Waals surface area contributed by atoms with Crippen molar-refractivity contribution in [2.45, 2.75) is 50.3 Å². The van der Waals surface area contributed by atoms with Crippen molar-refractivity contribution in [1.82, 2.24) is 20.0 Å². The van der Waals surface area contributed by atoms with Crippen LogP contribution < -0.4 is 5.32 Å². The van der Waals surface area contributed by atoms with Crippen molar-refractivity contribution in [3.05, 3.63) is 47.8 Å². The summed E-state index contributed by atoms with van der Waals surface area (Å²) in [6.45, 7) is 0.751. The molecule has 4 atom stereocenters. The lowest BCUT2D eigenvalue weighted by molar-refractivity contribution is -0.0116. The molecule has 6 heteroatoms. The number of likely N-dealkylation sites (tertiary alicyclic amines) is 1. The molecule has 6 nitrogen and oxygen atoms in total. The molecule has 1 aromatic carbocycles. The third-order valence-electron chi connectivity index (χ3n) is 6.32. The molecule has 2 heterocycles. The number of aliphatic hydroxyl groups is 1. The number of benzene rings is 1. The highest BCUT2D eigenvalue weighted by atomic mass is 16.3. The number of urea groups is 1. The first-order chi connectivity index (χ1) is 12.7. The molecule has 1 saturated heterocycles. The summed E-state index contributed by atoms with van der Waals surface area (Å²) in [4.78, 5) is 14.7. The van der Waals surface area contributed by atoms with Crippen molar-refractivity contribution < 1.29 is 9.90 Å². The number of hydrogen-bond donors (Lipinski definition) is 2. The smallest absolute Gasteiger partial charge is 0.318 e. The number of nitrogens with one attached hydrogen (secondary N) is 1. The molecule has 2 N–H and O–H groups in total. The van der Waals surface area contributed by atoms with Gasteiger partial charge in [0.05, 0.1) is 24.0 Å². The summed E-state index contributed by atoms with van der Waals surface area (Å²) >= 11 is 0. The molecule has 1 aliphatic heterocycles. The van der Waals surface area contributed by atoms with Crippen molar-refractivity contribution >= 4 is 6.03 Å². The van der Waals surface area contributed by atoms with Gasteiger partial charge < -0.3 is 15.3 Å². The van der Waals surface area contributed by atoms with Gasteiger partial charge in [-0.2, -0.15) is 5.10 Å². The van der Waals surface area contributed by atoms with Gasteiger partial charge in [-0.3, -0.25) is 0 Å². The minimum atomic E-state index is -0.219. The Morgan fingerprint density at radius 2 is 2.08 bits per heavy atom. The number of carbonyl (C=O) groups excluding carboxylic acids is 1. The van der Waals surface area contributed by atoms with Gasteiger partial charge in [-0.1, -0.05) is 18.2 Å². The average molecular weight is 352 g/mol. The molecule has 2 aromatic rings. The Bertz CT molecular complexity index is 818. The topological polar surface area (TPSA) is 70.4 Å². The number of carbonyl (C=O) groups is 1. The maximum absolute atomic E-state index is 12.8. The number of hydrogen-bond acceptors (Lipinski definition) is 3. The maximum atomic E-state index is 12.8. The van der Waals surface area contributed by atoms with E-state index in [2.05, 4.69) is 22.5 Å². The molecular formula is C20H24N4O2. The van der Waals surface area contributed by atoms with Crippen LogP contribution in [0, 0.1) is 5.92 Å². The summed E-state index contributed by atoms with van der Waals surface area (Å²) in [7, 11) is 0. The number of fused-ring (bicyclic) bond motifs is 2. The van der Waals surface area contributed by atoms with Gasteiger partial charge in [0.25, 0.3) is 0 Å². The minimum absolute atomic E-state index is 0.00899. The molecule has 2 aliphatic carbocycles. The van der Waals surface area contributed by atoms with E-state index in [4.69, 9.17) is 0 Å². The second kappa shape index (κ2) is 6.13. The van der Waals surface area contributed by atoms with E-state index in [0.29, 0.717) is 0 Å². The van der Waals surface area contributed by atoms with E-state index in [-0.39, 0.29) is 30.1 Å². The Balaban J connectivity index is 1.35. The molecule has 0 radical (unpaired) electrons. The van der Waals surface area contributed by atoms with Crippen LogP contribution in [0.3, 0.4) is 0 Å². The van der Waals surface area contributed by atoms with E-state index >= 15 is 0 Å².